The number of benzene rings is 2. The van der Waals surface area contributed by atoms with Crippen LogP contribution in [0.2, 0.25) is 0 Å². The van der Waals surface area contributed by atoms with Gasteiger partial charge in [0.1, 0.15) is 11.4 Å². The molecule has 138 valence electrons. The van der Waals surface area contributed by atoms with E-state index in [-0.39, 0.29) is 5.60 Å². The van der Waals surface area contributed by atoms with E-state index < -0.39 is 0 Å². The van der Waals surface area contributed by atoms with Gasteiger partial charge in [0.15, 0.2) is 0 Å². The molecule has 0 amide bonds. The Bertz CT molecular complexity index is 745. The molecule has 3 atom stereocenters. The van der Waals surface area contributed by atoms with Gasteiger partial charge in [-0.05, 0) is 66.8 Å². The van der Waals surface area contributed by atoms with Crippen molar-refractivity contribution in [2.75, 3.05) is 13.2 Å². The molecule has 1 unspecified atom stereocenters. The molecule has 2 aliphatic rings. The quantitative estimate of drug-likeness (QED) is 0.849. The maximum absolute atomic E-state index is 10.1. The van der Waals surface area contributed by atoms with E-state index in [1.807, 2.05) is 12.1 Å². The lowest BCUT2D eigenvalue weighted by molar-refractivity contribution is -0.123. The van der Waals surface area contributed by atoms with E-state index in [9.17, 15) is 5.11 Å². The fourth-order valence-electron chi connectivity index (χ4n) is 4.80. The molecule has 0 aromatic heterocycles. The number of hydrogen-bond donors (Lipinski definition) is 2. The van der Waals surface area contributed by atoms with Gasteiger partial charge < -0.3 is 15.2 Å². The van der Waals surface area contributed by atoms with Crippen LogP contribution in [0.1, 0.15) is 42.9 Å². The van der Waals surface area contributed by atoms with Gasteiger partial charge in [-0.15, -0.1) is 0 Å². The van der Waals surface area contributed by atoms with E-state index >= 15 is 0 Å². The lowest BCUT2D eigenvalue weighted by Gasteiger charge is -2.49. The standard InChI is InChI=1S/C23H29NO2/c1-17(7-8-18-5-3-2-4-6-18)16-23-21-15-20(25)11-9-19(21)10-12-22(23)24-13-14-26-23/h2-6,9,11,15,17,22,24-25H,7-8,10,12-14,16H2,1H3/t17?,22-,23-/m1/s1. The zero-order chi connectivity index (χ0) is 18.0. The number of hydrogen-bond acceptors (Lipinski definition) is 3. The average molecular weight is 351 g/mol. The van der Waals surface area contributed by atoms with E-state index in [2.05, 4.69) is 48.6 Å². The number of nitrogens with one attached hydrogen (secondary N) is 1. The molecule has 1 heterocycles. The highest BCUT2D eigenvalue weighted by Gasteiger charge is 2.47. The molecule has 3 heteroatoms. The molecule has 4 rings (SSSR count). The highest BCUT2D eigenvalue weighted by atomic mass is 16.5. The average Bonchev–Trinajstić information content (AvgIpc) is 2.67. The summed E-state index contributed by atoms with van der Waals surface area (Å²) >= 11 is 0. The number of ether oxygens (including phenoxy) is 1. The molecule has 2 aromatic carbocycles. The smallest absolute Gasteiger partial charge is 0.115 e. The largest absolute Gasteiger partial charge is 0.508 e. The van der Waals surface area contributed by atoms with Gasteiger partial charge in [0.25, 0.3) is 0 Å². The summed E-state index contributed by atoms with van der Waals surface area (Å²) in [6.45, 7) is 3.99. The molecule has 0 spiro atoms. The van der Waals surface area contributed by atoms with Gasteiger partial charge in [-0.1, -0.05) is 43.3 Å². The van der Waals surface area contributed by atoms with E-state index in [0.29, 0.717) is 17.7 Å². The molecule has 2 N–H and O–H groups in total. The maximum atomic E-state index is 10.1. The molecule has 1 saturated heterocycles. The third kappa shape index (κ3) is 3.38. The SMILES string of the molecule is CC(CCc1ccccc1)C[C@]12OCCN[C@@H]1CCc1ccc(O)cc12. The second-order valence-corrected chi connectivity index (χ2v) is 7.96. The summed E-state index contributed by atoms with van der Waals surface area (Å²) in [6.07, 6.45) is 5.40. The minimum atomic E-state index is -0.305. The molecular formula is C23H29NO2. The van der Waals surface area contributed by atoms with Crippen LogP contribution in [0.5, 0.6) is 5.75 Å². The molecule has 0 bridgehead atoms. The fourth-order valence-corrected chi connectivity index (χ4v) is 4.80. The van der Waals surface area contributed by atoms with Crippen LogP contribution in [-0.4, -0.2) is 24.3 Å². The van der Waals surface area contributed by atoms with Gasteiger partial charge in [-0.3, -0.25) is 0 Å². The first-order valence-electron chi connectivity index (χ1n) is 9.91. The van der Waals surface area contributed by atoms with Crippen LogP contribution >= 0.6 is 0 Å². The molecule has 3 nitrogen and oxygen atoms in total. The second kappa shape index (κ2) is 7.42. The van der Waals surface area contributed by atoms with Crippen LogP contribution in [0, 0.1) is 5.92 Å². The summed E-state index contributed by atoms with van der Waals surface area (Å²) in [5.41, 5.74) is 3.63. The van der Waals surface area contributed by atoms with Crippen molar-refractivity contribution in [3.8, 4) is 5.75 Å². The summed E-state index contributed by atoms with van der Waals surface area (Å²) in [5, 5.41) is 13.8. The van der Waals surface area contributed by atoms with E-state index in [4.69, 9.17) is 4.74 Å². The van der Waals surface area contributed by atoms with Crippen molar-refractivity contribution in [1.29, 1.82) is 0 Å². The Labute approximate surface area is 156 Å². The Morgan fingerprint density at radius 2 is 2.08 bits per heavy atom. The van der Waals surface area contributed by atoms with Crippen molar-refractivity contribution >= 4 is 0 Å². The second-order valence-electron chi connectivity index (χ2n) is 7.96. The van der Waals surface area contributed by atoms with Crippen molar-refractivity contribution in [2.45, 2.75) is 50.7 Å². The van der Waals surface area contributed by atoms with Crippen LogP contribution in [0.4, 0.5) is 0 Å². The maximum Gasteiger partial charge on any atom is 0.115 e. The number of aromatic hydroxyl groups is 1. The first-order valence-corrected chi connectivity index (χ1v) is 9.91. The Morgan fingerprint density at radius 3 is 2.92 bits per heavy atom. The molecule has 26 heavy (non-hydrogen) atoms. The Balaban J connectivity index is 1.56. The van der Waals surface area contributed by atoms with Gasteiger partial charge >= 0.3 is 0 Å². The Morgan fingerprint density at radius 1 is 1.23 bits per heavy atom. The summed E-state index contributed by atoms with van der Waals surface area (Å²) in [4.78, 5) is 0. The number of aryl methyl sites for hydroxylation is 2. The predicted octanol–water partition coefficient (Wildman–Crippen LogP) is 4.18. The van der Waals surface area contributed by atoms with Crippen LogP contribution in [0.25, 0.3) is 0 Å². The summed E-state index contributed by atoms with van der Waals surface area (Å²) < 4.78 is 6.50. The summed E-state index contributed by atoms with van der Waals surface area (Å²) in [5.74, 6) is 0.890. The Hall–Kier alpha value is -1.84. The third-order valence-electron chi connectivity index (χ3n) is 6.09. The fraction of sp³-hybridized carbons (Fsp3) is 0.478. The van der Waals surface area contributed by atoms with Gasteiger partial charge in [-0.2, -0.15) is 0 Å². The lowest BCUT2D eigenvalue weighted by atomic mass is 9.70. The molecule has 1 aliphatic heterocycles. The first kappa shape index (κ1) is 17.6. The van der Waals surface area contributed by atoms with E-state index in [1.54, 1.807) is 0 Å². The summed E-state index contributed by atoms with van der Waals surface area (Å²) in [7, 11) is 0. The van der Waals surface area contributed by atoms with Gasteiger partial charge in [0.2, 0.25) is 0 Å². The minimum absolute atomic E-state index is 0.305. The molecule has 1 aliphatic carbocycles. The zero-order valence-corrected chi connectivity index (χ0v) is 15.6. The molecule has 0 saturated carbocycles. The molecule has 0 radical (unpaired) electrons. The number of phenols is 1. The van der Waals surface area contributed by atoms with Crippen molar-refractivity contribution < 1.29 is 9.84 Å². The highest BCUT2D eigenvalue weighted by molar-refractivity contribution is 5.42. The van der Waals surface area contributed by atoms with Gasteiger partial charge in [0.05, 0.1) is 6.61 Å². The summed E-state index contributed by atoms with van der Waals surface area (Å²) in [6, 6.07) is 16.9. The minimum Gasteiger partial charge on any atom is -0.508 e. The number of phenolic OH excluding ortho intramolecular Hbond substituents is 1. The normalized spacial score (nSPS) is 26.0. The van der Waals surface area contributed by atoms with Crippen molar-refractivity contribution in [3.63, 3.8) is 0 Å². The number of morpholine rings is 1. The van der Waals surface area contributed by atoms with Crippen LogP contribution in [0.3, 0.4) is 0 Å². The van der Waals surface area contributed by atoms with E-state index in [0.717, 1.165) is 45.3 Å². The van der Waals surface area contributed by atoms with E-state index in [1.165, 1.54) is 16.7 Å². The number of rotatable bonds is 5. The lowest BCUT2D eigenvalue weighted by Crippen LogP contribution is -2.58. The third-order valence-corrected chi connectivity index (χ3v) is 6.09. The van der Waals surface area contributed by atoms with Crippen molar-refractivity contribution in [1.82, 2.24) is 5.32 Å². The first-order chi connectivity index (χ1) is 12.7. The van der Waals surface area contributed by atoms with Crippen molar-refractivity contribution in [3.05, 3.63) is 65.2 Å². The van der Waals surface area contributed by atoms with Crippen LogP contribution in [-0.2, 0) is 23.2 Å². The highest BCUT2D eigenvalue weighted by Crippen LogP contribution is 2.46. The molecule has 1 fully saturated rings. The van der Waals surface area contributed by atoms with Crippen LogP contribution in [0.15, 0.2) is 48.5 Å². The molecule has 2 aromatic rings. The zero-order valence-electron chi connectivity index (χ0n) is 15.6. The predicted molar refractivity (Wildman–Crippen MR) is 104 cm³/mol. The Kier molecular flexibility index (Phi) is 5.01. The van der Waals surface area contributed by atoms with Crippen LogP contribution < -0.4 is 5.32 Å². The number of fused-ring (bicyclic) bond motifs is 3. The van der Waals surface area contributed by atoms with Gasteiger partial charge in [-0.25, -0.2) is 0 Å². The topological polar surface area (TPSA) is 41.5 Å². The van der Waals surface area contributed by atoms with Gasteiger partial charge in [0, 0.05) is 12.6 Å². The van der Waals surface area contributed by atoms with Crippen molar-refractivity contribution in [2.24, 2.45) is 5.92 Å². The monoisotopic (exact) mass is 351 g/mol. The molecular weight excluding hydrogens is 322 g/mol.